The first kappa shape index (κ1) is 23.0. The third-order valence-electron chi connectivity index (χ3n) is 5.64. The number of ether oxygens (including phenoxy) is 2. The van der Waals surface area contributed by atoms with Gasteiger partial charge in [0.25, 0.3) is 0 Å². The maximum absolute atomic E-state index is 13.6. The molecule has 0 N–H and O–H groups in total. The second-order valence-corrected chi connectivity index (χ2v) is 8.49. The van der Waals surface area contributed by atoms with Crippen LogP contribution in [0.3, 0.4) is 0 Å². The molecule has 0 saturated carbocycles. The zero-order valence-corrected chi connectivity index (χ0v) is 18.9. The SMILES string of the molecule is COCCCN1C(=O)C[C@@](CC(=O)N(C)Cc2ccsc2)(c2ccccc2OC)C1=O. The molecule has 2 heterocycles. The molecule has 7 nitrogen and oxygen atoms in total. The fourth-order valence-electron chi connectivity index (χ4n) is 4.02. The quantitative estimate of drug-likeness (QED) is 0.416. The second-order valence-electron chi connectivity index (χ2n) is 7.71. The van der Waals surface area contributed by atoms with Crippen LogP contribution in [-0.4, -0.2) is 61.9 Å². The minimum absolute atomic E-state index is 0.0583. The average molecular weight is 445 g/mol. The highest BCUT2D eigenvalue weighted by atomic mass is 32.1. The number of hydrogen-bond donors (Lipinski definition) is 0. The topological polar surface area (TPSA) is 76.2 Å². The maximum Gasteiger partial charge on any atom is 0.241 e. The lowest BCUT2D eigenvalue weighted by Crippen LogP contribution is -2.43. The van der Waals surface area contributed by atoms with E-state index in [1.54, 1.807) is 54.7 Å². The van der Waals surface area contributed by atoms with Crippen molar-refractivity contribution in [3.8, 4) is 5.75 Å². The Morgan fingerprint density at radius 1 is 1.23 bits per heavy atom. The van der Waals surface area contributed by atoms with Gasteiger partial charge in [0.2, 0.25) is 17.7 Å². The molecule has 1 aromatic heterocycles. The van der Waals surface area contributed by atoms with Crippen LogP contribution < -0.4 is 4.74 Å². The Morgan fingerprint density at radius 2 is 2.00 bits per heavy atom. The number of benzene rings is 1. The van der Waals surface area contributed by atoms with Gasteiger partial charge < -0.3 is 14.4 Å². The van der Waals surface area contributed by atoms with Gasteiger partial charge in [0.15, 0.2) is 0 Å². The lowest BCUT2D eigenvalue weighted by atomic mass is 9.75. The highest BCUT2D eigenvalue weighted by molar-refractivity contribution is 7.07. The summed E-state index contributed by atoms with van der Waals surface area (Å²) in [6.45, 7) is 1.16. The van der Waals surface area contributed by atoms with Crippen LogP contribution in [0.4, 0.5) is 0 Å². The lowest BCUT2D eigenvalue weighted by Gasteiger charge is -2.30. The summed E-state index contributed by atoms with van der Waals surface area (Å²) in [6, 6.07) is 9.09. The molecule has 1 atom stereocenters. The molecule has 3 rings (SSSR count). The Bertz CT molecular complexity index is 930. The molecular weight excluding hydrogens is 416 g/mol. The molecule has 2 aromatic rings. The van der Waals surface area contributed by atoms with Gasteiger partial charge in [0.05, 0.1) is 12.5 Å². The molecule has 1 saturated heterocycles. The van der Waals surface area contributed by atoms with Gasteiger partial charge in [-0.05, 0) is 34.9 Å². The first-order valence-corrected chi connectivity index (χ1v) is 11.1. The molecule has 3 amide bonds. The van der Waals surface area contributed by atoms with Gasteiger partial charge in [-0.15, -0.1) is 0 Å². The summed E-state index contributed by atoms with van der Waals surface area (Å²) in [4.78, 5) is 42.6. The Labute approximate surface area is 186 Å². The number of hydrogen-bond acceptors (Lipinski definition) is 6. The van der Waals surface area contributed by atoms with Crippen LogP contribution in [0.1, 0.15) is 30.4 Å². The van der Waals surface area contributed by atoms with Crippen LogP contribution >= 0.6 is 11.3 Å². The van der Waals surface area contributed by atoms with E-state index in [1.807, 2.05) is 16.8 Å². The molecule has 1 fully saturated rings. The number of rotatable bonds is 10. The molecule has 0 bridgehead atoms. The van der Waals surface area contributed by atoms with Crippen LogP contribution in [0.15, 0.2) is 41.1 Å². The number of methoxy groups -OCH3 is 2. The molecule has 1 aromatic carbocycles. The summed E-state index contributed by atoms with van der Waals surface area (Å²) in [5.74, 6) is -0.330. The normalized spacial score (nSPS) is 18.5. The van der Waals surface area contributed by atoms with Gasteiger partial charge >= 0.3 is 0 Å². The Morgan fingerprint density at radius 3 is 2.68 bits per heavy atom. The van der Waals surface area contributed by atoms with E-state index >= 15 is 0 Å². The van der Waals surface area contributed by atoms with Crippen molar-refractivity contribution in [3.05, 3.63) is 52.2 Å². The monoisotopic (exact) mass is 444 g/mol. The number of thiophene rings is 1. The standard InChI is InChI=1S/C23H28N2O5S/c1-24(15-17-9-12-31-16-17)20(26)13-23(18-7-4-5-8-19(18)30-3)14-21(27)25(22(23)28)10-6-11-29-2/h4-5,7-9,12,16H,6,10-11,13-15H2,1-3H3/t23-/m0/s1. The molecule has 0 aliphatic carbocycles. The van der Waals surface area contributed by atoms with Crippen molar-refractivity contribution in [1.29, 1.82) is 0 Å². The molecule has 1 aliphatic rings. The molecular formula is C23H28N2O5S. The molecule has 1 aliphatic heterocycles. The Kier molecular flexibility index (Phi) is 7.46. The van der Waals surface area contributed by atoms with Crippen LogP contribution in [0.5, 0.6) is 5.75 Å². The average Bonchev–Trinajstić information content (AvgIpc) is 3.36. The summed E-state index contributed by atoms with van der Waals surface area (Å²) < 4.78 is 10.6. The Balaban J connectivity index is 1.93. The number of amides is 3. The van der Waals surface area contributed by atoms with E-state index in [2.05, 4.69) is 0 Å². The van der Waals surface area contributed by atoms with E-state index < -0.39 is 5.41 Å². The van der Waals surface area contributed by atoms with Gasteiger partial charge in [-0.3, -0.25) is 19.3 Å². The summed E-state index contributed by atoms with van der Waals surface area (Å²) in [5.41, 5.74) is 0.320. The predicted molar refractivity (Wildman–Crippen MR) is 118 cm³/mol. The smallest absolute Gasteiger partial charge is 0.241 e. The summed E-state index contributed by atoms with van der Waals surface area (Å²) in [7, 11) is 4.82. The number of carbonyl (C=O) groups excluding carboxylic acids is 3. The van der Waals surface area contributed by atoms with Crippen LogP contribution in [-0.2, 0) is 31.1 Å². The fourth-order valence-corrected chi connectivity index (χ4v) is 4.68. The van der Waals surface area contributed by atoms with Crippen molar-refractivity contribution < 1.29 is 23.9 Å². The summed E-state index contributed by atoms with van der Waals surface area (Å²) >= 11 is 1.57. The minimum Gasteiger partial charge on any atom is -0.496 e. The molecule has 0 unspecified atom stereocenters. The van der Waals surface area contributed by atoms with Crippen molar-refractivity contribution in [2.45, 2.75) is 31.2 Å². The van der Waals surface area contributed by atoms with Crippen LogP contribution in [0.25, 0.3) is 0 Å². The van der Waals surface area contributed by atoms with Crippen LogP contribution in [0, 0.1) is 0 Å². The number of likely N-dealkylation sites (tertiary alicyclic amines) is 1. The number of imide groups is 1. The van der Waals surface area contributed by atoms with Crippen molar-refractivity contribution in [2.24, 2.45) is 0 Å². The maximum atomic E-state index is 13.6. The molecule has 0 radical (unpaired) electrons. The lowest BCUT2D eigenvalue weighted by molar-refractivity contribution is -0.142. The second kappa shape index (κ2) is 10.1. The molecule has 0 spiro atoms. The fraction of sp³-hybridized carbons (Fsp3) is 0.435. The van der Waals surface area contributed by atoms with E-state index in [-0.39, 0.29) is 37.1 Å². The Hall–Kier alpha value is -2.71. The van der Waals surface area contributed by atoms with E-state index in [0.717, 1.165) is 5.56 Å². The van der Waals surface area contributed by atoms with Crippen molar-refractivity contribution in [2.75, 3.05) is 34.4 Å². The van der Waals surface area contributed by atoms with Gasteiger partial charge in [-0.1, -0.05) is 18.2 Å². The molecule has 31 heavy (non-hydrogen) atoms. The van der Waals surface area contributed by atoms with Crippen molar-refractivity contribution in [3.63, 3.8) is 0 Å². The number of para-hydroxylation sites is 1. The summed E-state index contributed by atoms with van der Waals surface area (Å²) in [6.07, 6.45) is 0.387. The highest BCUT2D eigenvalue weighted by Crippen LogP contribution is 2.44. The van der Waals surface area contributed by atoms with Gasteiger partial charge in [0.1, 0.15) is 5.75 Å². The third-order valence-corrected chi connectivity index (χ3v) is 6.37. The zero-order chi connectivity index (χ0) is 22.4. The first-order chi connectivity index (χ1) is 14.9. The molecule has 166 valence electrons. The van der Waals surface area contributed by atoms with E-state index in [9.17, 15) is 14.4 Å². The highest BCUT2D eigenvalue weighted by Gasteiger charge is 2.54. The summed E-state index contributed by atoms with van der Waals surface area (Å²) in [5, 5.41) is 3.95. The first-order valence-electron chi connectivity index (χ1n) is 10.1. The predicted octanol–water partition coefficient (Wildman–Crippen LogP) is 2.84. The zero-order valence-electron chi connectivity index (χ0n) is 18.1. The minimum atomic E-state index is -1.28. The van der Waals surface area contributed by atoms with Crippen molar-refractivity contribution >= 4 is 29.1 Å². The van der Waals surface area contributed by atoms with Gasteiger partial charge in [-0.2, -0.15) is 11.3 Å². The van der Waals surface area contributed by atoms with E-state index in [1.165, 1.54) is 12.0 Å². The molecule has 8 heteroatoms. The van der Waals surface area contributed by atoms with Crippen molar-refractivity contribution in [1.82, 2.24) is 9.80 Å². The number of carbonyl (C=O) groups is 3. The van der Waals surface area contributed by atoms with Gasteiger partial charge in [-0.25, -0.2) is 0 Å². The largest absolute Gasteiger partial charge is 0.496 e. The van der Waals surface area contributed by atoms with Crippen LogP contribution in [0.2, 0.25) is 0 Å². The number of nitrogens with zero attached hydrogens (tertiary/aromatic N) is 2. The van der Waals surface area contributed by atoms with Gasteiger partial charge in [0, 0.05) is 52.3 Å². The van der Waals surface area contributed by atoms with E-state index in [4.69, 9.17) is 9.47 Å². The third kappa shape index (κ3) is 4.80. The van der Waals surface area contributed by atoms with E-state index in [0.29, 0.717) is 30.9 Å².